The van der Waals surface area contributed by atoms with Crippen LogP contribution in [0.1, 0.15) is 43.5 Å². The second-order valence-electron chi connectivity index (χ2n) is 5.34. The number of imidazole rings is 1. The molecule has 2 aromatic heterocycles. The number of aryl methyl sites for hydroxylation is 2. The summed E-state index contributed by atoms with van der Waals surface area (Å²) in [6.07, 6.45) is 10.3. The predicted molar refractivity (Wildman–Crippen MR) is 78.2 cm³/mol. The molecule has 2 heterocycles. The van der Waals surface area contributed by atoms with Gasteiger partial charge in [0.1, 0.15) is 5.69 Å². The van der Waals surface area contributed by atoms with Crippen LogP contribution in [0.5, 0.6) is 0 Å². The van der Waals surface area contributed by atoms with Crippen LogP contribution < -0.4 is 5.32 Å². The maximum absolute atomic E-state index is 4.80. The third-order valence-corrected chi connectivity index (χ3v) is 3.93. The quantitative estimate of drug-likeness (QED) is 0.870. The van der Waals surface area contributed by atoms with E-state index in [1.165, 1.54) is 30.5 Å². The van der Waals surface area contributed by atoms with Gasteiger partial charge in [-0.1, -0.05) is 13.3 Å². The zero-order valence-corrected chi connectivity index (χ0v) is 12.1. The highest BCUT2D eigenvalue weighted by Gasteiger charge is 2.20. The van der Waals surface area contributed by atoms with E-state index in [1.54, 1.807) is 6.33 Å². The maximum atomic E-state index is 4.80. The van der Waals surface area contributed by atoms with Gasteiger partial charge in [-0.15, -0.1) is 0 Å². The molecule has 0 bridgehead atoms. The number of aromatic nitrogens is 4. The topological polar surface area (TPSA) is 55.6 Å². The van der Waals surface area contributed by atoms with Gasteiger partial charge in [0.15, 0.2) is 5.82 Å². The summed E-state index contributed by atoms with van der Waals surface area (Å²) < 4.78 is 1.96. The standard InChI is InChI=1S/C15H21N5/c1-3-17-12-6-4-5-7-13-11(12)8-18-15(19-13)14-9-16-10-20(14)2/h8-10,12,17H,3-7H2,1-2H3. The Kier molecular flexibility index (Phi) is 3.78. The molecule has 0 saturated carbocycles. The van der Waals surface area contributed by atoms with Gasteiger partial charge in [-0.25, -0.2) is 15.0 Å². The average Bonchev–Trinajstić information content (AvgIpc) is 2.78. The Morgan fingerprint density at radius 3 is 3.00 bits per heavy atom. The second kappa shape index (κ2) is 5.71. The minimum atomic E-state index is 0.401. The van der Waals surface area contributed by atoms with Gasteiger partial charge in [0.2, 0.25) is 0 Å². The summed E-state index contributed by atoms with van der Waals surface area (Å²) in [6, 6.07) is 0.401. The number of hydrogen-bond acceptors (Lipinski definition) is 4. The summed E-state index contributed by atoms with van der Waals surface area (Å²) in [6.45, 7) is 3.13. The minimum absolute atomic E-state index is 0.401. The van der Waals surface area contributed by atoms with Crippen LogP contribution >= 0.6 is 0 Å². The molecule has 0 fully saturated rings. The number of fused-ring (bicyclic) bond motifs is 1. The van der Waals surface area contributed by atoms with E-state index in [1.807, 2.05) is 24.0 Å². The molecule has 0 saturated heterocycles. The van der Waals surface area contributed by atoms with E-state index >= 15 is 0 Å². The molecule has 0 aliphatic heterocycles. The average molecular weight is 271 g/mol. The van der Waals surface area contributed by atoms with Crippen molar-refractivity contribution in [3.63, 3.8) is 0 Å². The summed E-state index contributed by atoms with van der Waals surface area (Å²) in [5.74, 6) is 0.779. The molecular weight excluding hydrogens is 250 g/mol. The maximum Gasteiger partial charge on any atom is 0.178 e. The number of nitrogens with one attached hydrogen (secondary N) is 1. The Morgan fingerprint density at radius 1 is 1.35 bits per heavy atom. The van der Waals surface area contributed by atoms with E-state index in [0.717, 1.165) is 24.5 Å². The Labute approximate surface area is 119 Å². The van der Waals surface area contributed by atoms with Gasteiger partial charge in [-0.05, 0) is 25.8 Å². The lowest BCUT2D eigenvalue weighted by atomic mass is 10.0. The molecule has 0 amide bonds. The highest BCUT2D eigenvalue weighted by Crippen LogP contribution is 2.28. The SMILES string of the molecule is CCNC1CCCCc2nc(-c3cncn3C)ncc21. The lowest BCUT2D eigenvalue weighted by Gasteiger charge is -2.17. The molecule has 1 aliphatic carbocycles. The van der Waals surface area contributed by atoms with Crippen LogP contribution in [0.15, 0.2) is 18.7 Å². The van der Waals surface area contributed by atoms with Crippen LogP contribution in [0.25, 0.3) is 11.5 Å². The monoisotopic (exact) mass is 271 g/mol. The molecule has 106 valence electrons. The van der Waals surface area contributed by atoms with Gasteiger partial charge in [0, 0.05) is 30.5 Å². The zero-order valence-electron chi connectivity index (χ0n) is 12.1. The second-order valence-corrected chi connectivity index (χ2v) is 5.34. The van der Waals surface area contributed by atoms with E-state index in [-0.39, 0.29) is 0 Å². The van der Waals surface area contributed by atoms with Crippen LogP contribution in [-0.4, -0.2) is 26.1 Å². The lowest BCUT2D eigenvalue weighted by molar-refractivity contribution is 0.502. The Bertz CT molecular complexity index is 590. The molecule has 2 aromatic rings. The van der Waals surface area contributed by atoms with E-state index in [0.29, 0.717) is 6.04 Å². The molecule has 1 N–H and O–H groups in total. The van der Waals surface area contributed by atoms with E-state index < -0.39 is 0 Å². The van der Waals surface area contributed by atoms with E-state index in [4.69, 9.17) is 4.98 Å². The van der Waals surface area contributed by atoms with Gasteiger partial charge in [0.05, 0.1) is 12.5 Å². The smallest absolute Gasteiger partial charge is 0.178 e. The fourth-order valence-electron chi connectivity index (χ4n) is 2.87. The van der Waals surface area contributed by atoms with Crippen molar-refractivity contribution >= 4 is 0 Å². The van der Waals surface area contributed by atoms with Crippen LogP contribution in [0.2, 0.25) is 0 Å². The highest BCUT2D eigenvalue weighted by atomic mass is 15.1. The summed E-state index contributed by atoms with van der Waals surface area (Å²) in [5, 5.41) is 3.55. The molecule has 20 heavy (non-hydrogen) atoms. The molecule has 5 heteroatoms. The molecule has 1 atom stereocenters. The van der Waals surface area contributed by atoms with Gasteiger partial charge in [-0.3, -0.25) is 0 Å². The first-order valence-corrected chi connectivity index (χ1v) is 7.35. The molecule has 3 rings (SSSR count). The third-order valence-electron chi connectivity index (χ3n) is 3.93. The van der Waals surface area contributed by atoms with Crippen molar-refractivity contribution in [3.8, 4) is 11.5 Å². The van der Waals surface area contributed by atoms with Crippen molar-refractivity contribution in [2.75, 3.05) is 6.54 Å². The summed E-state index contributed by atoms with van der Waals surface area (Å²) >= 11 is 0. The largest absolute Gasteiger partial charge is 0.331 e. The first-order chi connectivity index (χ1) is 9.79. The first-order valence-electron chi connectivity index (χ1n) is 7.35. The third kappa shape index (κ3) is 2.45. The number of hydrogen-bond donors (Lipinski definition) is 1. The summed E-state index contributed by atoms with van der Waals surface area (Å²) in [7, 11) is 1.97. The Morgan fingerprint density at radius 2 is 2.25 bits per heavy atom. The molecule has 1 aliphatic rings. The molecule has 0 aromatic carbocycles. The highest BCUT2D eigenvalue weighted by molar-refractivity contribution is 5.49. The van der Waals surface area contributed by atoms with Crippen LogP contribution in [0.3, 0.4) is 0 Å². The van der Waals surface area contributed by atoms with Crippen molar-refractivity contribution in [2.45, 2.75) is 38.6 Å². The molecule has 1 unspecified atom stereocenters. The number of nitrogens with zero attached hydrogens (tertiary/aromatic N) is 4. The zero-order chi connectivity index (χ0) is 13.9. The number of rotatable bonds is 3. The van der Waals surface area contributed by atoms with Gasteiger partial charge in [-0.2, -0.15) is 0 Å². The molecule has 0 spiro atoms. The van der Waals surface area contributed by atoms with E-state index in [9.17, 15) is 0 Å². The first kappa shape index (κ1) is 13.2. The van der Waals surface area contributed by atoms with Gasteiger partial charge in [0.25, 0.3) is 0 Å². The lowest BCUT2D eigenvalue weighted by Crippen LogP contribution is -2.21. The molecule has 5 nitrogen and oxygen atoms in total. The summed E-state index contributed by atoms with van der Waals surface area (Å²) in [4.78, 5) is 13.5. The molecular formula is C15H21N5. The van der Waals surface area contributed by atoms with Gasteiger partial charge >= 0.3 is 0 Å². The van der Waals surface area contributed by atoms with Crippen LogP contribution in [-0.2, 0) is 13.5 Å². The normalized spacial score (nSPS) is 18.6. The van der Waals surface area contributed by atoms with Crippen molar-refractivity contribution in [1.29, 1.82) is 0 Å². The van der Waals surface area contributed by atoms with Crippen LogP contribution in [0.4, 0.5) is 0 Å². The van der Waals surface area contributed by atoms with Crippen molar-refractivity contribution in [3.05, 3.63) is 30.0 Å². The molecule has 0 radical (unpaired) electrons. The Balaban J connectivity index is 1.99. The predicted octanol–water partition coefficient (Wildman–Crippen LogP) is 2.25. The van der Waals surface area contributed by atoms with Crippen molar-refractivity contribution in [1.82, 2.24) is 24.8 Å². The van der Waals surface area contributed by atoms with E-state index in [2.05, 4.69) is 22.2 Å². The van der Waals surface area contributed by atoms with Gasteiger partial charge < -0.3 is 9.88 Å². The fraction of sp³-hybridized carbons (Fsp3) is 0.533. The van der Waals surface area contributed by atoms with Crippen molar-refractivity contribution in [2.24, 2.45) is 7.05 Å². The fourth-order valence-corrected chi connectivity index (χ4v) is 2.87. The summed E-state index contributed by atoms with van der Waals surface area (Å²) in [5.41, 5.74) is 3.44. The minimum Gasteiger partial charge on any atom is -0.331 e. The Hall–Kier alpha value is -1.75. The van der Waals surface area contributed by atoms with Crippen molar-refractivity contribution < 1.29 is 0 Å². The van der Waals surface area contributed by atoms with Crippen LogP contribution in [0, 0.1) is 0 Å².